The van der Waals surface area contributed by atoms with Crippen molar-refractivity contribution in [3.8, 4) is 0 Å². The third-order valence-corrected chi connectivity index (χ3v) is 7.22. The van der Waals surface area contributed by atoms with E-state index in [-0.39, 0.29) is 24.8 Å². The summed E-state index contributed by atoms with van der Waals surface area (Å²) >= 11 is -0.701. The third kappa shape index (κ3) is 5.05. The molecule has 0 heterocycles. The Morgan fingerprint density at radius 1 is 0.793 bits per heavy atom. The third-order valence-electron chi connectivity index (χ3n) is 5.61. The smallest absolute Gasteiger partial charge is 1.00 e. The fourth-order valence-electron chi connectivity index (χ4n) is 3.77. The van der Waals surface area contributed by atoms with E-state index in [0.29, 0.717) is 6.61 Å². The van der Waals surface area contributed by atoms with Crippen LogP contribution in [0.3, 0.4) is 0 Å². The van der Waals surface area contributed by atoms with Gasteiger partial charge in [-0.2, -0.15) is 0 Å². The Morgan fingerprint density at radius 3 is 2.17 bits per heavy atom. The minimum Gasteiger partial charge on any atom is -1.00 e. The molecule has 0 spiro atoms. The zero-order valence-corrected chi connectivity index (χ0v) is 20.0. The number of benzene rings is 3. The molecule has 4 heteroatoms. The predicted molar refractivity (Wildman–Crippen MR) is 110 cm³/mol. The van der Waals surface area contributed by atoms with Crippen molar-refractivity contribution < 1.29 is 47.7 Å². The van der Waals surface area contributed by atoms with Crippen molar-refractivity contribution >= 4 is 20.2 Å². The fraction of sp³-hybridized carbons (Fsp3) is 0.200. The van der Waals surface area contributed by atoms with Crippen LogP contribution < -0.4 is 28.7 Å². The van der Waals surface area contributed by atoms with Gasteiger partial charge in [-0.25, -0.2) is 0 Å². The van der Waals surface area contributed by atoms with Gasteiger partial charge in [0.25, 0.3) is 0 Å². The molecule has 1 nitrogen and oxygen atoms in total. The molecule has 0 fully saturated rings. The Balaban J connectivity index is 0.00000150. The van der Waals surface area contributed by atoms with E-state index in [9.17, 15) is 0 Å². The van der Waals surface area contributed by atoms with Crippen molar-refractivity contribution in [2.24, 2.45) is 0 Å². The van der Waals surface area contributed by atoms with Crippen molar-refractivity contribution in [3.63, 3.8) is 0 Å². The second-order valence-electron chi connectivity index (χ2n) is 7.27. The predicted octanol–water partition coefficient (Wildman–Crippen LogP) is 0.201. The van der Waals surface area contributed by atoms with Crippen LogP contribution in [0.4, 0.5) is 0 Å². The van der Waals surface area contributed by atoms with Gasteiger partial charge >= 0.3 is 171 Å². The molecule has 1 aliphatic carbocycles. The van der Waals surface area contributed by atoms with E-state index in [1.54, 1.807) is 0 Å². The van der Waals surface area contributed by atoms with E-state index in [2.05, 4.69) is 87.5 Å². The summed E-state index contributed by atoms with van der Waals surface area (Å²) in [5.41, 5.74) is 8.51. The molecular formula is C25H24Cl2OTi. The monoisotopic (exact) mass is 458 g/mol. The molecule has 0 aromatic heterocycles. The summed E-state index contributed by atoms with van der Waals surface area (Å²) in [6.45, 7) is 7.47. The first-order chi connectivity index (χ1) is 13.1. The molecule has 0 saturated carbocycles. The van der Waals surface area contributed by atoms with Gasteiger partial charge in [0.05, 0.1) is 0 Å². The second kappa shape index (κ2) is 10.6. The van der Waals surface area contributed by atoms with Crippen molar-refractivity contribution in [2.45, 2.75) is 33.8 Å². The SMILES string of the molecule is CC1=C(C)C(C)=C(c2ccc3ccccc3[c]2[Ti+2][O]Cc2ccccc2)C1.[Cl-].[Cl-]. The van der Waals surface area contributed by atoms with Crippen molar-refractivity contribution in [1.82, 2.24) is 0 Å². The van der Waals surface area contributed by atoms with Crippen molar-refractivity contribution in [2.75, 3.05) is 0 Å². The maximum Gasteiger partial charge on any atom is -1.00 e. The molecule has 0 unspecified atom stereocenters. The molecule has 0 radical (unpaired) electrons. The van der Waals surface area contributed by atoms with Crippen LogP contribution in [0.5, 0.6) is 0 Å². The van der Waals surface area contributed by atoms with Gasteiger partial charge in [-0.1, -0.05) is 0 Å². The number of rotatable bonds is 5. The van der Waals surface area contributed by atoms with Crippen LogP contribution in [-0.4, -0.2) is 0 Å². The maximum absolute atomic E-state index is 6.29. The molecule has 0 saturated heterocycles. The van der Waals surface area contributed by atoms with Crippen LogP contribution in [0, 0.1) is 0 Å². The first-order valence-electron chi connectivity index (χ1n) is 9.45. The largest absolute Gasteiger partial charge is 1.00 e. The Morgan fingerprint density at radius 2 is 1.48 bits per heavy atom. The summed E-state index contributed by atoms with van der Waals surface area (Å²) in [6.07, 6.45) is 1.06. The average molecular weight is 459 g/mol. The van der Waals surface area contributed by atoms with E-state index in [1.807, 2.05) is 0 Å². The van der Waals surface area contributed by atoms with Gasteiger partial charge in [0.15, 0.2) is 0 Å². The van der Waals surface area contributed by atoms with E-state index < -0.39 is 19.5 Å². The molecule has 0 atom stereocenters. The van der Waals surface area contributed by atoms with E-state index in [0.717, 1.165) is 6.42 Å². The molecule has 148 valence electrons. The van der Waals surface area contributed by atoms with Crippen LogP contribution in [-0.2, 0) is 29.5 Å². The Hall–Kier alpha value is -1.35. The molecule has 3 aromatic rings. The van der Waals surface area contributed by atoms with Crippen LogP contribution in [0.25, 0.3) is 16.3 Å². The fourth-order valence-corrected chi connectivity index (χ4v) is 5.44. The molecule has 1 aliphatic rings. The Bertz CT molecular complexity index is 1050. The summed E-state index contributed by atoms with van der Waals surface area (Å²) < 4.78 is 7.72. The van der Waals surface area contributed by atoms with E-state index in [1.165, 1.54) is 48.1 Å². The first kappa shape index (κ1) is 23.9. The standard InChI is InChI=1S/C18H17.C7H7O.2ClH.Ti/c1-12-10-18(14(3)13(12)2)17-9-8-15-6-4-5-7-16(15)11-17;8-6-7-4-2-1-3-5-7;;;/h4-9H,10H2,1-3H3;1-5H,6H2;2*1H;/q;-1;;;+3/p-2. The second-order valence-corrected chi connectivity index (χ2v) is 8.82. The Labute approximate surface area is 195 Å². The van der Waals surface area contributed by atoms with E-state index in [4.69, 9.17) is 3.32 Å². The van der Waals surface area contributed by atoms with Crippen LogP contribution in [0.15, 0.2) is 83.4 Å². The first-order valence-corrected chi connectivity index (χ1v) is 10.9. The molecule has 0 N–H and O–H groups in total. The van der Waals surface area contributed by atoms with Gasteiger partial charge in [-0.15, -0.1) is 0 Å². The molecule has 0 amide bonds. The van der Waals surface area contributed by atoms with Crippen LogP contribution in [0.1, 0.15) is 38.3 Å². The van der Waals surface area contributed by atoms with Gasteiger partial charge in [-0.3, -0.25) is 0 Å². The number of hydrogen-bond acceptors (Lipinski definition) is 1. The molecule has 0 bridgehead atoms. The molecular weight excluding hydrogens is 435 g/mol. The van der Waals surface area contributed by atoms with Crippen LogP contribution in [0.2, 0.25) is 0 Å². The summed E-state index contributed by atoms with van der Waals surface area (Å²) in [4.78, 5) is 0. The number of hydrogen-bond donors (Lipinski definition) is 0. The summed E-state index contributed by atoms with van der Waals surface area (Å²) in [5, 5.41) is 2.66. The molecule has 3 aromatic carbocycles. The quantitative estimate of drug-likeness (QED) is 0.496. The molecule has 0 aliphatic heterocycles. The van der Waals surface area contributed by atoms with Gasteiger partial charge < -0.3 is 24.8 Å². The summed E-state index contributed by atoms with van der Waals surface area (Å²) in [7, 11) is 0. The number of fused-ring (bicyclic) bond motifs is 1. The number of halogens is 2. The van der Waals surface area contributed by atoms with Crippen LogP contribution >= 0.6 is 0 Å². The normalized spacial score (nSPS) is 13.2. The minimum absolute atomic E-state index is 0. The minimum atomic E-state index is -0.701. The van der Waals surface area contributed by atoms with Crippen molar-refractivity contribution in [1.29, 1.82) is 0 Å². The zero-order valence-electron chi connectivity index (χ0n) is 16.9. The van der Waals surface area contributed by atoms with Crippen molar-refractivity contribution in [3.05, 3.63) is 94.6 Å². The molecule has 29 heavy (non-hydrogen) atoms. The zero-order chi connectivity index (χ0) is 18.8. The summed E-state index contributed by atoms with van der Waals surface area (Å²) in [6, 6.07) is 23.8. The van der Waals surface area contributed by atoms with Gasteiger partial charge in [-0.05, 0) is 0 Å². The van der Waals surface area contributed by atoms with E-state index >= 15 is 0 Å². The Kier molecular flexibility index (Phi) is 8.76. The van der Waals surface area contributed by atoms with Gasteiger partial charge in [0.2, 0.25) is 0 Å². The topological polar surface area (TPSA) is 9.23 Å². The van der Waals surface area contributed by atoms with Gasteiger partial charge in [0, 0.05) is 0 Å². The molecule has 4 rings (SSSR count). The summed E-state index contributed by atoms with van der Waals surface area (Å²) in [5.74, 6) is 0. The van der Waals surface area contributed by atoms with Gasteiger partial charge in [0.1, 0.15) is 0 Å². The number of allylic oxidation sites excluding steroid dienone is 4. The average Bonchev–Trinajstić information content (AvgIpc) is 2.96. The maximum atomic E-state index is 6.29.